The Hall–Kier alpha value is -4.38. The number of anilines is 3. The molecule has 0 aliphatic carbocycles. The second-order valence-electron chi connectivity index (χ2n) is 9.88. The number of amides is 1. The van der Waals surface area contributed by atoms with Crippen LogP contribution in [0, 0.1) is 0 Å². The van der Waals surface area contributed by atoms with Crippen LogP contribution < -0.4 is 15.5 Å². The number of hydrogen-bond donors (Lipinski definition) is 3. The first-order chi connectivity index (χ1) is 19.7. The highest BCUT2D eigenvalue weighted by atomic mass is 19.4. The second-order valence-corrected chi connectivity index (χ2v) is 9.88. The third-order valence-corrected chi connectivity index (χ3v) is 7.01. The van der Waals surface area contributed by atoms with Crippen LogP contribution in [-0.2, 0) is 12.6 Å². The summed E-state index contributed by atoms with van der Waals surface area (Å²) >= 11 is 0. The van der Waals surface area contributed by atoms with E-state index in [4.69, 9.17) is 0 Å². The number of hydrogen-bond acceptors (Lipinski definition) is 6. The number of aliphatic hydroxyl groups excluding tert-OH is 1. The molecule has 1 atom stereocenters. The van der Waals surface area contributed by atoms with Gasteiger partial charge in [-0.3, -0.25) is 4.79 Å². The van der Waals surface area contributed by atoms with Gasteiger partial charge in [-0.25, -0.2) is 9.67 Å². The molecule has 41 heavy (non-hydrogen) atoms. The van der Waals surface area contributed by atoms with Gasteiger partial charge in [-0.1, -0.05) is 19.1 Å². The van der Waals surface area contributed by atoms with E-state index in [0.717, 1.165) is 49.4 Å². The molecule has 0 saturated carbocycles. The van der Waals surface area contributed by atoms with Gasteiger partial charge in [0.1, 0.15) is 5.69 Å². The van der Waals surface area contributed by atoms with Crippen LogP contribution in [0.1, 0.15) is 59.7 Å². The molecule has 1 fully saturated rings. The summed E-state index contributed by atoms with van der Waals surface area (Å²) in [5.41, 5.74) is 2.23. The summed E-state index contributed by atoms with van der Waals surface area (Å²) in [5.74, 6) is -0.166. The molecule has 1 amide bonds. The first kappa shape index (κ1) is 28.2. The lowest BCUT2D eigenvalue weighted by Crippen LogP contribution is -2.29. The van der Waals surface area contributed by atoms with Crippen LogP contribution in [0.2, 0.25) is 0 Å². The molecule has 0 radical (unpaired) electrons. The summed E-state index contributed by atoms with van der Waals surface area (Å²) in [6, 6.07) is 17.1. The number of pyridine rings is 1. The maximum absolute atomic E-state index is 13.2. The van der Waals surface area contributed by atoms with Crippen molar-refractivity contribution in [2.75, 3.05) is 28.6 Å². The number of nitrogens with zero attached hydrogens (tertiary/aromatic N) is 4. The standard InChI is InChI=1S/C30H31F3N6O2/c1-2-21-9-7-11-26(34-21)29(41)35-25-13-12-22(38-15-4-3-5-16-38)19-24(25)28(40)36-27-14-17-39(37-27)23-10-6-8-20(18-23)30(31,32)33/h6-14,17-19,28,40H,2-5,15-16H2,1H3,(H,35,41)(H,36,37). The van der Waals surface area contributed by atoms with Crippen molar-refractivity contribution in [1.29, 1.82) is 0 Å². The van der Waals surface area contributed by atoms with Gasteiger partial charge < -0.3 is 20.6 Å². The average Bonchev–Trinajstić information content (AvgIpc) is 3.46. The fourth-order valence-electron chi connectivity index (χ4n) is 4.82. The highest BCUT2D eigenvalue weighted by Crippen LogP contribution is 2.32. The van der Waals surface area contributed by atoms with Crippen molar-refractivity contribution in [3.8, 4) is 5.69 Å². The number of alkyl halides is 3. The molecule has 4 aromatic rings. The molecular formula is C30H31F3N6O2. The molecule has 1 unspecified atom stereocenters. The fourth-order valence-corrected chi connectivity index (χ4v) is 4.82. The Kier molecular flexibility index (Phi) is 8.25. The Morgan fingerprint density at radius 2 is 1.78 bits per heavy atom. The van der Waals surface area contributed by atoms with Crippen molar-refractivity contribution in [3.05, 3.63) is 95.4 Å². The van der Waals surface area contributed by atoms with Crippen LogP contribution >= 0.6 is 0 Å². The quantitative estimate of drug-likeness (QED) is 0.221. The van der Waals surface area contributed by atoms with E-state index in [9.17, 15) is 23.1 Å². The Balaban J connectivity index is 1.41. The van der Waals surface area contributed by atoms with Gasteiger partial charge in [0.15, 0.2) is 12.0 Å². The number of benzene rings is 2. The van der Waals surface area contributed by atoms with Crippen LogP contribution in [0.25, 0.3) is 5.69 Å². The highest BCUT2D eigenvalue weighted by Gasteiger charge is 2.30. The van der Waals surface area contributed by atoms with Crippen molar-refractivity contribution < 1.29 is 23.1 Å². The minimum Gasteiger partial charge on any atom is -0.372 e. The average molecular weight is 565 g/mol. The van der Waals surface area contributed by atoms with E-state index in [2.05, 4.69) is 25.6 Å². The number of halogens is 3. The number of rotatable bonds is 8. The molecule has 3 N–H and O–H groups in total. The molecule has 1 aliphatic heterocycles. The first-order valence-corrected chi connectivity index (χ1v) is 13.6. The fraction of sp³-hybridized carbons (Fsp3) is 0.300. The number of nitrogens with one attached hydrogen (secondary N) is 2. The molecule has 11 heteroatoms. The second kappa shape index (κ2) is 12.0. The first-order valence-electron chi connectivity index (χ1n) is 13.6. The topological polar surface area (TPSA) is 95.3 Å². The van der Waals surface area contributed by atoms with Crippen molar-refractivity contribution >= 4 is 23.1 Å². The minimum atomic E-state index is -4.48. The van der Waals surface area contributed by atoms with Gasteiger partial charge in [0.25, 0.3) is 5.91 Å². The number of carbonyl (C=O) groups is 1. The molecule has 214 valence electrons. The lowest BCUT2D eigenvalue weighted by Gasteiger charge is -2.30. The predicted octanol–water partition coefficient (Wildman–Crippen LogP) is 6.19. The van der Waals surface area contributed by atoms with Crippen LogP contribution in [0.4, 0.5) is 30.4 Å². The maximum atomic E-state index is 13.2. The van der Waals surface area contributed by atoms with Crippen LogP contribution in [0.5, 0.6) is 0 Å². The van der Waals surface area contributed by atoms with Crippen molar-refractivity contribution in [1.82, 2.24) is 14.8 Å². The van der Waals surface area contributed by atoms with Crippen molar-refractivity contribution in [2.45, 2.75) is 45.0 Å². The van der Waals surface area contributed by atoms with Gasteiger partial charge in [-0.15, -0.1) is 0 Å². The molecule has 1 saturated heterocycles. The molecule has 3 heterocycles. The molecule has 2 aromatic heterocycles. The van der Waals surface area contributed by atoms with E-state index in [1.165, 1.54) is 29.4 Å². The van der Waals surface area contributed by atoms with Crippen LogP contribution in [0.3, 0.4) is 0 Å². The number of aryl methyl sites for hydroxylation is 1. The molecule has 5 rings (SSSR count). The van der Waals surface area contributed by atoms with E-state index in [1.54, 1.807) is 24.3 Å². The summed E-state index contributed by atoms with van der Waals surface area (Å²) in [6.07, 6.45) is -0.262. The van der Waals surface area contributed by atoms with Gasteiger partial charge in [0, 0.05) is 48.0 Å². The Labute approximate surface area is 235 Å². The van der Waals surface area contributed by atoms with E-state index < -0.39 is 23.9 Å². The number of aliphatic hydroxyl groups is 1. The molecular weight excluding hydrogens is 533 g/mol. The predicted molar refractivity (Wildman–Crippen MR) is 151 cm³/mol. The smallest absolute Gasteiger partial charge is 0.372 e. The lowest BCUT2D eigenvalue weighted by molar-refractivity contribution is -0.137. The third kappa shape index (κ3) is 6.68. The summed E-state index contributed by atoms with van der Waals surface area (Å²) in [4.78, 5) is 19.7. The zero-order valence-corrected chi connectivity index (χ0v) is 22.5. The van der Waals surface area contributed by atoms with Crippen LogP contribution in [0.15, 0.2) is 72.9 Å². The molecule has 2 aromatic carbocycles. The Morgan fingerprint density at radius 1 is 1.00 bits per heavy atom. The number of piperidine rings is 1. The van der Waals surface area contributed by atoms with Crippen molar-refractivity contribution in [2.24, 2.45) is 0 Å². The summed E-state index contributed by atoms with van der Waals surface area (Å²) < 4.78 is 40.8. The van der Waals surface area contributed by atoms with E-state index in [-0.39, 0.29) is 17.2 Å². The van der Waals surface area contributed by atoms with Gasteiger partial charge in [-0.2, -0.15) is 18.3 Å². The van der Waals surface area contributed by atoms with Gasteiger partial charge >= 0.3 is 6.18 Å². The molecule has 1 aliphatic rings. The molecule has 8 nitrogen and oxygen atoms in total. The SMILES string of the molecule is CCc1cccc(C(=O)Nc2ccc(N3CCCCC3)cc2C(O)Nc2ccn(-c3cccc(C(F)(F)F)c3)n2)n1. The maximum Gasteiger partial charge on any atom is 0.416 e. The normalized spacial score (nSPS) is 14.5. The number of aromatic nitrogens is 3. The summed E-state index contributed by atoms with van der Waals surface area (Å²) in [6.45, 7) is 3.74. The number of carbonyl (C=O) groups excluding carboxylic acids is 1. The zero-order chi connectivity index (χ0) is 29.0. The molecule has 0 spiro atoms. The van der Waals surface area contributed by atoms with Gasteiger partial charge in [-0.05, 0) is 74.2 Å². The minimum absolute atomic E-state index is 0.226. The van der Waals surface area contributed by atoms with E-state index in [0.29, 0.717) is 17.7 Å². The van der Waals surface area contributed by atoms with Crippen molar-refractivity contribution in [3.63, 3.8) is 0 Å². The monoisotopic (exact) mass is 564 g/mol. The highest BCUT2D eigenvalue weighted by molar-refractivity contribution is 6.03. The van der Waals surface area contributed by atoms with Gasteiger partial charge in [0.05, 0.1) is 11.3 Å². The third-order valence-electron chi connectivity index (χ3n) is 7.01. The van der Waals surface area contributed by atoms with E-state index >= 15 is 0 Å². The van der Waals surface area contributed by atoms with Crippen LogP contribution in [-0.4, -0.2) is 38.9 Å². The summed E-state index contributed by atoms with van der Waals surface area (Å²) in [7, 11) is 0. The van der Waals surface area contributed by atoms with Gasteiger partial charge in [0.2, 0.25) is 0 Å². The Morgan fingerprint density at radius 3 is 2.54 bits per heavy atom. The Bertz CT molecular complexity index is 1510. The lowest BCUT2D eigenvalue weighted by atomic mass is 10.1. The van der Waals surface area contributed by atoms with E-state index in [1.807, 2.05) is 25.1 Å². The summed E-state index contributed by atoms with van der Waals surface area (Å²) in [5, 5.41) is 21.4. The molecule has 0 bridgehead atoms. The largest absolute Gasteiger partial charge is 0.416 e. The zero-order valence-electron chi connectivity index (χ0n) is 22.5.